The summed E-state index contributed by atoms with van der Waals surface area (Å²) in [5.74, 6) is -1.06. The molecule has 2 rings (SSSR count). The smallest absolute Gasteiger partial charge is 0.243 e. The SMILES string of the molecule is CC[C@H](C(=O)NCCCc1ccc(C)cc1)N(c1ccc(F)c(Cl)c1)S(C)(=O)=O. The second kappa shape index (κ2) is 10.1. The van der Waals surface area contributed by atoms with E-state index in [9.17, 15) is 17.6 Å². The average Bonchev–Trinajstić information content (AvgIpc) is 2.66. The first-order valence-corrected chi connectivity index (χ1v) is 11.6. The molecule has 0 heterocycles. The maximum Gasteiger partial charge on any atom is 0.243 e. The minimum Gasteiger partial charge on any atom is -0.354 e. The van der Waals surface area contributed by atoms with E-state index in [1.165, 1.54) is 23.3 Å². The molecule has 1 atom stereocenters. The number of hydrogen-bond donors (Lipinski definition) is 1. The summed E-state index contributed by atoms with van der Waals surface area (Å²) < 4.78 is 39.3. The quantitative estimate of drug-likeness (QED) is 0.597. The molecule has 2 aromatic carbocycles. The molecule has 8 heteroatoms. The van der Waals surface area contributed by atoms with Gasteiger partial charge < -0.3 is 5.32 Å². The summed E-state index contributed by atoms with van der Waals surface area (Å²) in [7, 11) is -3.79. The van der Waals surface area contributed by atoms with Crippen molar-refractivity contribution in [3.8, 4) is 0 Å². The molecule has 0 bridgehead atoms. The van der Waals surface area contributed by atoms with E-state index in [2.05, 4.69) is 17.4 Å². The third kappa shape index (κ3) is 6.44. The number of amides is 1. The molecule has 0 radical (unpaired) electrons. The van der Waals surface area contributed by atoms with Crippen LogP contribution in [0.5, 0.6) is 0 Å². The molecule has 0 aliphatic carbocycles. The van der Waals surface area contributed by atoms with E-state index < -0.39 is 27.8 Å². The molecule has 1 N–H and O–H groups in total. The topological polar surface area (TPSA) is 66.5 Å². The van der Waals surface area contributed by atoms with Crippen LogP contribution in [0.4, 0.5) is 10.1 Å². The summed E-state index contributed by atoms with van der Waals surface area (Å²) >= 11 is 5.81. The maximum absolute atomic E-state index is 13.5. The first-order chi connectivity index (χ1) is 13.6. The summed E-state index contributed by atoms with van der Waals surface area (Å²) in [6.07, 6.45) is 2.80. The lowest BCUT2D eigenvalue weighted by molar-refractivity contribution is -0.122. The van der Waals surface area contributed by atoms with Crippen molar-refractivity contribution in [1.82, 2.24) is 5.32 Å². The van der Waals surface area contributed by atoms with E-state index in [1.807, 2.05) is 19.1 Å². The molecule has 1 amide bonds. The molecule has 0 fully saturated rings. The van der Waals surface area contributed by atoms with Gasteiger partial charge in [0, 0.05) is 6.54 Å². The Morgan fingerprint density at radius 2 is 1.86 bits per heavy atom. The normalized spacial score (nSPS) is 12.4. The summed E-state index contributed by atoms with van der Waals surface area (Å²) in [6.45, 7) is 4.17. The molecule has 158 valence electrons. The summed E-state index contributed by atoms with van der Waals surface area (Å²) in [4.78, 5) is 12.7. The van der Waals surface area contributed by atoms with Crippen molar-refractivity contribution in [2.24, 2.45) is 0 Å². The van der Waals surface area contributed by atoms with Crippen LogP contribution >= 0.6 is 11.6 Å². The second-order valence-electron chi connectivity index (χ2n) is 6.96. The van der Waals surface area contributed by atoms with Crippen LogP contribution < -0.4 is 9.62 Å². The van der Waals surface area contributed by atoms with Gasteiger partial charge in [0.05, 0.1) is 17.0 Å². The fourth-order valence-corrected chi connectivity index (χ4v) is 4.44. The van der Waals surface area contributed by atoms with Gasteiger partial charge in [-0.15, -0.1) is 0 Å². The Bertz CT molecular complexity index is 949. The zero-order valence-corrected chi connectivity index (χ0v) is 18.4. The number of hydrogen-bond acceptors (Lipinski definition) is 3. The van der Waals surface area contributed by atoms with Crippen LogP contribution in [0.1, 0.15) is 30.9 Å². The van der Waals surface area contributed by atoms with E-state index in [4.69, 9.17) is 11.6 Å². The fraction of sp³-hybridized carbons (Fsp3) is 0.381. The predicted molar refractivity (Wildman–Crippen MR) is 115 cm³/mol. The molecule has 0 spiro atoms. The molecule has 0 saturated carbocycles. The van der Waals surface area contributed by atoms with E-state index in [0.717, 1.165) is 29.5 Å². The van der Waals surface area contributed by atoms with Gasteiger partial charge >= 0.3 is 0 Å². The van der Waals surface area contributed by atoms with Crippen molar-refractivity contribution < 1.29 is 17.6 Å². The van der Waals surface area contributed by atoms with Gasteiger partial charge in [-0.25, -0.2) is 12.8 Å². The molecule has 2 aromatic rings. The Hall–Kier alpha value is -2.12. The van der Waals surface area contributed by atoms with E-state index in [-0.39, 0.29) is 17.1 Å². The highest BCUT2D eigenvalue weighted by Gasteiger charge is 2.31. The first-order valence-electron chi connectivity index (χ1n) is 9.41. The maximum atomic E-state index is 13.5. The highest BCUT2D eigenvalue weighted by Crippen LogP contribution is 2.27. The number of aryl methyl sites for hydroxylation is 2. The fourth-order valence-electron chi connectivity index (χ4n) is 3.06. The Kier molecular flexibility index (Phi) is 8.05. The largest absolute Gasteiger partial charge is 0.354 e. The van der Waals surface area contributed by atoms with Crippen LogP contribution in [-0.2, 0) is 21.2 Å². The number of nitrogens with one attached hydrogen (secondary N) is 1. The molecule has 29 heavy (non-hydrogen) atoms. The van der Waals surface area contributed by atoms with Gasteiger partial charge in [0.25, 0.3) is 0 Å². The van der Waals surface area contributed by atoms with Crippen LogP contribution in [0.2, 0.25) is 5.02 Å². The molecule has 0 aromatic heterocycles. The van der Waals surface area contributed by atoms with Crippen LogP contribution in [0.15, 0.2) is 42.5 Å². The summed E-state index contributed by atoms with van der Waals surface area (Å²) in [5.41, 5.74) is 2.52. The lowest BCUT2D eigenvalue weighted by atomic mass is 10.1. The van der Waals surface area contributed by atoms with Gasteiger partial charge in [0.2, 0.25) is 15.9 Å². The average molecular weight is 441 g/mol. The lowest BCUT2D eigenvalue weighted by Gasteiger charge is -2.30. The Morgan fingerprint density at radius 3 is 2.41 bits per heavy atom. The molecular formula is C21H26ClFN2O3S. The molecule has 0 aliphatic rings. The number of carbonyl (C=O) groups excluding carboxylic acids is 1. The van der Waals surface area contributed by atoms with Gasteiger partial charge in [-0.1, -0.05) is 48.4 Å². The Morgan fingerprint density at radius 1 is 1.21 bits per heavy atom. The summed E-state index contributed by atoms with van der Waals surface area (Å²) in [6, 6.07) is 10.8. The van der Waals surface area contributed by atoms with Gasteiger partial charge in [-0.2, -0.15) is 0 Å². The minimum absolute atomic E-state index is 0.153. The number of halogens is 2. The molecule has 0 aliphatic heterocycles. The van der Waals surface area contributed by atoms with Gasteiger partial charge in [0.1, 0.15) is 11.9 Å². The number of benzene rings is 2. The number of nitrogens with zero attached hydrogens (tertiary/aromatic N) is 1. The van der Waals surface area contributed by atoms with Crippen molar-refractivity contribution in [3.63, 3.8) is 0 Å². The van der Waals surface area contributed by atoms with Crippen molar-refractivity contribution in [1.29, 1.82) is 0 Å². The zero-order chi connectivity index (χ0) is 21.6. The summed E-state index contributed by atoms with van der Waals surface area (Å²) in [5, 5.41) is 2.61. The monoisotopic (exact) mass is 440 g/mol. The van der Waals surface area contributed by atoms with Crippen molar-refractivity contribution in [2.45, 2.75) is 39.2 Å². The van der Waals surface area contributed by atoms with E-state index in [0.29, 0.717) is 6.54 Å². The molecule has 0 saturated heterocycles. The van der Waals surface area contributed by atoms with E-state index in [1.54, 1.807) is 6.92 Å². The minimum atomic E-state index is -3.79. The van der Waals surface area contributed by atoms with Crippen LogP contribution in [0.3, 0.4) is 0 Å². The third-order valence-electron chi connectivity index (χ3n) is 4.55. The van der Waals surface area contributed by atoms with Gasteiger partial charge in [0.15, 0.2) is 0 Å². The zero-order valence-electron chi connectivity index (χ0n) is 16.8. The first kappa shape index (κ1) is 23.2. The van der Waals surface area contributed by atoms with Crippen LogP contribution in [0, 0.1) is 12.7 Å². The predicted octanol–water partition coefficient (Wildman–Crippen LogP) is 4.08. The molecular weight excluding hydrogens is 415 g/mol. The van der Waals surface area contributed by atoms with Gasteiger partial charge in [-0.05, 0) is 49.9 Å². The third-order valence-corrected chi connectivity index (χ3v) is 6.02. The standard InChI is InChI=1S/C21H26ClFN2O3S/c1-4-20(21(26)24-13-5-6-16-9-7-15(2)8-10-16)25(29(3,27)28)17-11-12-19(23)18(22)14-17/h7-12,14,20H,4-6,13H2,1-3H3,(H,24,26)/t20-/m1/s1. The number of anilines is 1. The second-order valence-corrected chi connectivity index (χ2v) is 9.23. The van der Waals surface area contributed by atoms with Crippen molar-refractivity contribution in [3.05, 3.63) is 64.4 Å². The van der Waals surface area contributed by atoms with Crippen molar-refractivity contribution in [2.75, 3.05) is 17.1 Å². The number of rotatable bonds is 9. The van der Waals surface area contributed by atoms with Crippen LogP contribution in [-0.4, -0.2) is 33.2 Å². The molecule has 0 unspecified atom stereocenters. The highest BCUT2D eigenvalue weighted by molar-refractivity contribution is 7.92. The number of carbonyl (C=O) groups is 1. The van der Waals surface area contributed by atoms with Crippen LogP contribution in [0.25, 0.3) is 0 Å². The molecule has 5 nitrogen and oxygen atoms in total. The highest BCUT2D eigenvalue weighted by atomic mass is 35.5. The Labute approximate surface area is 176 Å². The van der Waals surface area contributed by atoms with Crippen molar-refractivity contribution >= 4 is 33.2 Å². The number of sulfonamides is 1. The van der Waals surface area contributed by atoms with E-state index >= 15 is 0 Å². The lowest BCUT2D eigenvalue weighted by Crippen LogP contribution is -2.49. The Balaban J connectivity index is 2.07. The van der Waals surface area contributed by atoms with Gasteiger partial charge in [-0.3, -0.25) is 9.10 Å².